The molecule has 0 amide bonds. The van der Waals surface area contributed by atoms with Crippen molar-refractivity contribution in [1.29, 1.82) is 0 Å². The van der Waals surface area contributed by atoms with Gasteiger partial charge in [0, 0.05) is 5.54 Å². The Labute approximate surface area is 57.6 Å². The van der Waals surface area contributed by atoms with Crippen LogP contribution in [0.5, 0.6) is 0 Å². The van der Waals surface area contributed by atoms with E-state index >= 15 is 0 Å². The van der Waals surface area contributed by atoms with E-state index in [-0.39, 0.29) is 0 Å². The summed E-state index contributed by atoms with van der Waals surface area (Å²) in [6.07, 6.45) is -3.39. The minimum absolute atomic E-state index is 0.599. The van der Waals surface area contributed by atoms with E-state index in [4.69, 9.17) is 0 Å². The molecule has 0 unspecified atom stereocenters. The average Bonchev–Trinajstić information content (AvgIpc) is 2.45. The third-order valence-corrected chi connectivity index (χ3v) is 1.92. The molecule has 1 saturated carbocycles. The monoisotopic (exact) mass is 153 g/mol. The smallest absolute Gasteiger partial charge is 0.314 e. The van der Waals surface area contributed by atoms with Gasteiger partial charge < -0.3 is 5.32 Å². The molecule has 0 heterocycles. The van der Waals surface area contributed by atoms with Crippen molar-refractivity contribution in [3.05, 3.63) is 0 Å². The molecule has 1 fully saturated rings. The summed E-state index contributed by atoms with van der Waals surface area (Å²) < 4.78 is 35.2. The number of hydrogen-bond acceptors (Lipinski definition) is 1. The lowest BCUT2D eigenvalue weighted by Crippen LogP contribution is -2.32. The summed E-state index contributed by atoms with van der Waals surface area (Å²) in [6.45, 7) is 0. The molecule has 0 aliphatic heterocycles. The molecule has 4 heteroatoms. The van der Waals surface area contributed by atoms with Crippen LogP contribution in [0.25, 0.3) is 0 Å². The van der Waals surface area contributed by atoms with E-state index in [9.17, 15) is 13.2 Å². The summed E-state index contributed by atoms with van der Waals surface area (Å²) in [5.74, 6) is 0. The third-order valence-electron chi connectivity index (χ3n) is 1.92. The Morgan fingerprint density at radius 3 is 2.00 bits per heavy atom. The van der Waals surface area contributed by atoms with Crippen LogP contribution in [0.15, 0.2) is 0 Å². The molecule has 0 aromatic heterocycles. The van der Waals surface area contributed by atoms with Gasteiger partial charge in [-0.15, -0.1) is 0 Å². The zero-order valence-corrected chi connectivity index (χ0v) is 5.76. The predicted molar refractivity (Wildman–Crippen MR) is 31.7 cm³/mol. The lowest BCUT2D eigenvalue weighted by atomic mass is 10.2. The average molecular weight is 153 g/mol. The van der Waals surface area contributed by atoms with Crippen LogP contribution in [0.2, 0.25) is 0 Å². The topological polar surface area (TPSA) is 12.0 Å². The van der Waals surface area contributed by atoms with Crippen LogP contribution >= 0.6 is 0 Å². The van der Waals surface area contributed by atoms with Gasteiger partial charge >= 0.3 is 6.18 Å². The number of nitrogens with one attached hydrogen (secondary N) is 1. The van der Waals surface area contributed by atoms with Gasteiger partial charge in [-0.05, 0) is 19.9 Å². The van der Waals surface area contributed by atoms with E-state index in [0.717, 1.165) is 0 Å². The molecule has 1 aliphatic rings. The van der Waals surface area contributed by atoms with Gasteiger partial charge in [-0.3, -0.25) is 0 Å². The maximum atomic E-state index is 11.7. The molecule has 1 aliphatic carbocycles. The third kappa shape index (κ3) is 1.87. The fraction of sp³-hybridized carbons (Fsp3) is 1.00. The van der Waals surface area contributed by atoms with Crippen molar-refractivity contribution in [2.75, 3.05) is 7.05 Å². The van der Waals surface area contributed by atoms with Crippen LogP contribution in [0.1, 0.15) is 19.3 Å². The van der Waals surface area contributed by atoms with Gasteiger partial charge in [-0.25, -0.2) is 0 Å². The maximum Gasteiger partial charge on any atom is 0.390 e. The van der Waals surface area contributed by atoms with Gasteiger partial charge in [0.25, 0.3) is 0 Å². The lowest BCUT2D eigenvalue weighted by Gasteiger charge is -2.15. The second-order valence-electron chi connectivity index (χ2n) is 2.82. The van der Waals surface area contributed by atoms with Crippen molar-refractivity contribution in [3.8, 4) is 0 Å². The zero-order chi connectivity index (χ0) is 7.83. The normalized spacial score (nSPS) is 22.8. The van der Waals surface area contributed by atoms with Gasteiger partial charge in [0.05, 0.1) is 6.42 Å². The molecular weight excluding hydrogens is 143 g/mol. The van der Waals surface area contributed by atoms with Crippen LogP contribution in [0.3, 0.4) is 0 Å². The lowest BCUT2D eigenvalue weighted by molar-refractivity contribution is -0.141. The SMILES string of the molecule is CNC1(CC(F)(F)F)CC1. The van der Waals surface area contributed by atoms with Crippen molar-refractivity contribution in [3.63, 3.8) is 0 Å². The van der Waals surface area contributed by atoms with Crippen molar-refractivity contribution < 1.29 is 13.2 Å². The highest BCUT2D eigenvalue weighted by atomic mass is 19.4. The summed E-state index contributed by atoms with van der Waals surface area (Å²) in [5.41, 5.74) is -0.599. The Morgan fingerprint density at radius 1 is 1.40 bits per heavy atom. The van der Waals surface area contributed by atoms with Gasteiger partial charge in [-0.2, -0.15) is 13.2 Å². The molecule has 0 aromatic carbocycles. The van der Waals surface area contributed by atoms with Gasteiger partial charge in [0.2, 0.25) is 0 Å². The number of halogens is 3. The molecule has 0 spiro atoms. The fourth-order valence-corrected chi connectivity index (χ4v) is 1.05. The summed E-state index contributed by atoms with van der Waals surface area (Å²) in [6, 6.07) is 0. The Morgan fingerprint density at radius 2 is 1.90 bits per heavy atom. The van der Waals surface area contributed by atoms with Gasteiger partial charge in [-0.1, -0.05) is 0 Å². The molecule has 1 nitrogen and oxygen atoms in total. The van der Waals surface area contributed by atoms with Crippen molar-refractivity contribution in [1.82, 2.24) is 5.32 Å². The molecule has 0 atom stereocenters. The van der Waals surface area contributed by atoms with E-state index < -0.39 is 18.1 Å². The van der Waals surface area contributed by atoms with E-state index in [1.165, 1.54) is 0 Å². The summed E-state index contributed by atoms with van der Waals surface area (Å²) >= 11 is 0. The van der Waals surface area contributed by atoms with Gasteiger partial charge in [0.1, 0.15) is 0 Å². The molecule has 10 heavy (non-hydrogen) atoms. The zero-order valence-electron chi connectivity index (χ0n) is 5.76. The minimum atomic E-state index is -4.01. The highest BCUT2D eigenvalue weighted by Crippen LogP contribution is 2.43. The summed E-state index contributed by atoms with van der Waals surface area (Å²) in [7, 11) is 1.58. The molecule has 0 radical (unpaired) electrons. The highest BCUT2D eigenvalue weighted by Gasteiger charge is 2.49. The van der Waals surface area contributed by atoms with Crippen LogP contribution in [-0.4, -0.2) is 18.8 Å². The molecule has 0 aromatic rings. The summed E-state index contributed by atoms with van der Waals surface area (Å²) in [5, 5.41) is 2.69. The first-order chi connectivity index (χ1) is 4.47. The first-order valence-corrected chi connectivity index (χ1v) is 3.23. The van der Waals surface area contributed by atoms with E-state index in [0.29, 0.717) is 12.8 Å². The van der Waals surface area contributed by atoms with Crippen molar-refractivity contribution in [2.24, 2.45) is 0 Å². The highest BCUT2D eigenvalue weighted by molar-refractivity contribution is 5.02. The first kappa shape index (κ1) is 7.85. The molecular formula is C6H10F3N. The molecule has 0 saturated heterocycles. The Balaban J connectivity index is 2.38. The number of rotatable bonds is 2. The number of hydrogen-bond donors (Lipinski definition) is 1. The van der Waals surface area contributed by atoms with E-state index in [2.05, 4.69) is 5.32 Å². The first-order valence-electron chi connectivity index (χ1n) is 3.23. The Kier molecular flexibility index (Phi) is 1.66. The van der Waals surface area contributed by atoms with Crippen LogP contribution in [0, 0.1) is 0 Å². The largest absolute Gasteiger partial charge is 0.390 e. The molecule has 1 rings (SSSR count). The maximum absolute atomic E-state index is 11.7. The standard InChI is InChI=1S/C6H10F3N/c1-10-5(2-3-5)4-6(7,8)9/h10H,2-4H2,1H3. The van der Waals surface area contributed by atoms with Crippen molar-refractivity contribution >= 4 is 0 Å². The van der Waals surface area contributed by atoms with E-state index in [1.54, 1.807) is 7.05 Å². The second-order valence-corrected chi connectivity index (χ2v) is 2.82. The quantitative estimate of drug-likeness (QED) is 0.636. The predicted octanol–water partition coefficient (Wildman–Crippen LogP) is 1.69. The molecule has 60 valence electrons. The van der Waals surface area contributed by atoms with Crippen LogP contribution < -0.4 is 5.32 Å². The Hall–Kier alpha value is -0.250. The fourth-order valence-electron chi connectivity index (χ4n) is 1.05. The summed E-state index contributed by atoms with van der Waals surface area (Å²) in [4.78, 5) is 0. The molecule has 0 bridgehead atoms. The van der Waals surface area contributed by atoms with Gasteiger partial charge in [0.15, 0.2) is 0 Å². The van der Waals surface area contributed by atoms with Crippen LogP contribution in [0.4, 0.5) is 13.2 Å². The van der Waals surface area contributed by atoms with E-state index in [1.807, 2.05) is 0 Å². The molecule has 1 N–H and O–H groups in total. The Bertz CT molecular complexity index is 125. The minimum Gasteiger partial charge on any atom is -0.314 e. The number of alkyl halides is 3. The van der Waals surface area contributed by atoms with Crippen LogP contribution in [-0.2, 0) is 0 Å². The van der Waals surface area contributed by atoms with Crippen molar-refractivity contribution in [2.45, 2.75) is 31.0 Å². The second kappa shape index (κ2) is 2.12.